The van der Waals surface area contributed by atoms with Gasteiger partial charge in [-0.3, -0.25) is 0 Å². The van der Waals surface area contributed by atoms with Gasteiger partial charge in [0.2, 0.25) is 0 Å². The van der Waals surface area contributed by atoms with Gasteiger partial charge in [-0.05, 0) is 18.6 Å². The number of nitrogens with one attached hydrogen (secondary N) is 1. The van der Waals surface area contributed by atoms with Crippen molar-refractivity contribution < 1.29 is 0 Å². The Balaban J connectivity index is 1.93. The van der Waals surface area contributed by atoms with Gasteiger partial charge in [0.1, 0.15) is 0 Å². The minimum absolute atomic E-state index is 1.09. The molecule has 0 spiro atoms. The molecule has 1 aromatic rings. The predicted octanol–water partition coefficient (Wildman–Crippen LogP) is 4.27. The molecule has 0 aliphatic rings. The summed E-state index contributed by atoms with van der Waals surface area (Å²) in [6.07, 6.45) is 7.67. The number of anilines is 1. The van der Waals surface area contributed by atoms with Crippen LogP contribution in [0, 0.1) is 6.92 Å². The molecule has 0 aliphatic carbocycles. The lowest BCUT2D eigenvalue weighted by Gasteiger charge is -2.05. The van der Waals surface area contributed by atoms with Gasteiger partial charge in [0.25, 0.3) is 0 Å². The third-order valence-electron chi connectivity index (χ3n) is 2.53. The Labute approximate surface area is 93.9 Å². The zero-order valence-electron chi connectivity index (χ0n) is 9.54. The number of hydrogen-bond donors (Lipinski definition) is 1. The topological polar surface area (TPSA) is 12.0 Å². The maximum atomic E-state index is 3.85. The van der Waals surface area contributed by atoms with Crippen molar-refractivity contribution in [3.8, 4) is 0 Å². The fourth-order valence-electron chi connectivity index (χ4n) is 1.62. The van der Waals surface area contributed by atoms with Crippen molar-refractivity contribution in [2.75, 3.05) is 11.9 Å². The molecule has 0 amide bonds. The largest absolute Gasteiger partial charge is 0.385 e. The van der Waals surface area contributed by atoms with Gasteiger partial charge >= 0.3 is 0 Å². The van der Waals surface area contributed by atoms with Gasteiger partial charge < -0.3 is 5.32 Å². The summed E-state index contributed by atoms with van der Waals surface area (Å²) in [6, 6.07) is 10.4. The minimum Gasteiger partial charge on any atom is -0.385 e. The van der Waals surface area contributed by atoms with Crippen molar-refractivity contribution in [2.45, 2.75) is 38.5 Å². The molecule has 0 saturated carbocycles. The van der Waals surface area contributed by atoms with Crippen molar-refractivity contribution in [3.05, 3.63) is 37.3 Å². The fourth-order valence-corrected chi connectivity index (χ4v) is 1.62. The van der Waals surface area contributed by atoms with Gasteiger partial charge in [-0.2, -0.15) is 0 Å². The van der Waals surface area contributed by atoms with Crippen LogP contribution in [0.4, 0.5) is 5.69 Å². The van der Waals surface area contributed by atoms with Crippen LogP contribution >= 0.6 is 0 Å². The van der Waals surface area contributed by atoms with E-state index in [0.29, 0.717) is 0 Å². The molecule has 1 aromatic carbocycles. The highest BCUT2D eigenvalue weighted by Crippen LogP contribution is 2.07. The van der Waals surface area contributed by atoms with Gasteiger partial charge in [0.05, 0.1) is 0 Å². The molecule has 0 aliphatic heterocycles. The Morgan fingerprint density at radius 1 is 0.867 bits per heavy atom. The van der Waals surface area contributed by atoms with Crippen LogP contribution in [0.5, 0.6) is 0 Å². The van der Waals surface area contributed by atoms with E-state index >= 15 is 0 Å². The van der Waals surface area contributed by atoms with Crippen molar-refractivity contribution in [3.63, 3.8) is 0 Å². The summed E-state index contributed by atoms with van der Waals surface area (Å²) >= 11 is 0. The zero-order valence-corrected chi connectivity index (χ0v) is 9.54. The maximum Gasteiger partial charge on any atom is 0.0340 e. The minimum atomic E-state index is 1.09. The second-order valence-corrected chi connectivity index (χ2v) is 3.91. The van der Waals surface area contributed by atoms with Gasteiger partial charge in [0.15, 0.2) is 0 Å². The van der Waals surface area contributed by atoms with E-state index in [-0.39, 0.29) is 0 Å². The first kappa shape index (κ1) is 12.1. The van der Waals surface area contributed by atoms with E-state index in [1.54, 1.807) is 0 Å². The van der Waals surface area contributed by atoms with E-state index in [9.17, 15) is 0 Å². The Bertz CT molecular complexity index is 230. The summed E-state index contributed by atoms with van der Waals surface area (Å²) in [5.74, 6) is 0. The van der Waals surface area contributed by atoms with E-state index < -0.39 is 0 Å². The summed E-state index contributed by atoms with van der Waals surface area (Å²) in [7, 11) is 0. The number of hydrogen-bond acceptors (Lipinski definition) is 1. The van der Waals surface area contributed by atoms with Crippen molar-refractivity contribution in [1.29, 1.82) is 0 Å². The Morgan fingerprint density at radius 3 is 2.27 bits per heavy atom. The normalized spacial score (nSPS) is 10.2. The lowest BCUT2D eigenvalue weighted by molar-refractivity contribution is 0.628. The van der Waals surface area contributed by atoms with E-state index in [4.69, 9.17) is 0 Å². The van der Waals surface area contributed by atoms with Gasteiger partial charge in [-0.25, -0.2) is 0 Å². The molecule has 1 rings (SSSR count). The quantitative estimate of drug-likeness (QED) is 0.623. The molecule has 0 heterocycles. The Morgan fingerprint density at radius 2 is 1.53 bits per heavy atom. The van der Waals surface area contributed by atoms with Crippen LogP contribution in [-0.4, -0.2) is 6.54 Å². The van der Waals surface area contributed by atoms with E-state index in [1.165, 1.54) is 37.8 Å². The number of rotatable bonds is 8. The lowest BCUT2D eigenvalue weighted by atomic mass is 10.1. The van der Waals surface area contributed by atoms with Crippen LogP contribution in [0.15, 0.2) is 30.3 Å². The molecule has 0 unspecified atom stereocenters. The predicted molar refractivity (Wildman–Crippen MR) is 68.0 cm³/mol. The van der Waals surface area contributed by atoms with E-state index in [0.717, 1.165) is 13.0 Å². The molecule has 0 atom stereocenters. The molecule has 1 radical (unpaired) electrons. The molecule has 0 saturated heterocycles. The SMILES string of the molecule is [CH2]CCCCCCCNc1ccccc1. The van der Waals surface area contributed by atoms with E-state index in [1.807, 2.05) is 6.07 Å². The first-order valence-corrected chi connectivity index (χ1v) is 6.01. The number of para-hydroxylation sites is 1. The first-order chi connectivity index (χ1) is 7.43. The fraction of sp³-hybridized carbons (Fsp3) is 0.500. The third-order valence-corrected chi connectivity index (χ3v) is 2.53. The second-order valence-electron chi connectivity index (χ2n) is 3.91. The van der Waals surface area contributed by atoms with Crippen LogP contribution in [-0.2, 0) is 0 Å². The molecule has 0 fully saturated rings. The van der Waals surface area contributed by atoms with Crippen molar-refractivity contribution >= 4 is 5.69 Å². The first-order valence-electron chi connectivity index (χ1n) is 6.01. The van der Waals surface area contributed by atoms with Gasteiger partial charge in [-0.15, -0.1) is 0 Å². The van der Waals surface area contributed by atoms with Crippen LogP contribution in [0.3, 0.4) is 0 Å². The van der Waals surface area contributed by atoms with Crippen LogP contribution in [0.25, 0.3) is 0 Å². The molecule has 1 N–H and O–H groups in total. The number of unbranched alkanes of at least 4 members (excludes halogenated alkanes) is 5. The summed E-state index contributed by atoms with van der Waals surface area (Å²) in [4.78, 5) is 0. The molecule has 83 valence electrons. The molecule has 1 heteroatoms. The zero-order chi connectivity index (χ0) is 10.8. The van der Waals surface area contributed by atoms with Gasteiger partial charge in [-0.1, -0.05) is 57.2 Å². The molecule has 0 aromatic heterocycles. The summed E-state index contributed by atoms with van der Waals surface area (Å²) < 4.78 is 0. The van der Waals surface area contributed by atoms with Crippen molar-refractivity contribution in [1.82, 2.24) is 0 Å². The van der Waals surface area contributed by atoms with Crippen LogP contribution < -0.4 is 5.32 Å². The van der Waals surface area contributed by atoms with Crippen LogP contribution in [0.2, 0.25) is 0 Å². The molecule has 15 heavy (non-hydrogen) atoms. The Kier molecular flexibility index (Phi) is 6.72. The summed E-state index contributed by atoms with van der Waals surface area (Å²) in [6.45, 7) is 4.94. The highest BCUT2D eigenvalue weighted by Gasteiger charge is 1.91. The number of benzene rings is 1. The van der Waals surface area contributed by atoms with Gasteiger partial charge in [0, 0.05) is 12.2 Å². The molecule has 0 bridgehead atoms. The summed E-state index contributed by atoms with van der Waals surface area (Å²) in [5.41, 5.74) is 1.23. The second kappa shape index (κ2) is 8.34. The van der Waals surface area contributed by atoms with Crippen LogP contribution in [0.1, 0.15) is 38.5 Å². The lowest BCUT2D eigenvalue weighted by Crippen LogP contribution is -2.00. The van der Waals surface area contributed by atoms with E-state index in [2.05, 4.69) is 36.5 Å². The molecular weight excluding hydrogens is 182 g/mol. The average molecular weight is 204 g/mol. The highest BCUT2D eigenvalue weighted by atomic mass is 14.9. The third kappa shape index (κ3) is 6.16. The highest BCUT2D eigenvalue weighted by molar-refractivity contribution is 5.42. The molecular formula is C14H22N. The monoisotopic (exact) mass is 204 g/mol. The smallest absolute Gasteiger partial charge is 0.0340 e. The Hall–Kier alpha value is -0.980. The maximum absolute atomic E-state index is 3.85. The summed E-state index contributed by atoms with van der Waals surface area (Å²) in [5, 5.41) is 3.42. The molecule has 1 nitrogen and oxygen atoms in total. The standard InChI is InChI=1S/C14H22N/c1-2-3-4-5-6-10-13-15-14-11-8-7-9-12-14/h7-9,11-12,15H,1-6,10,13H2. The average Bonchev–Trinajstić information content (AvgIpc) is 2.29. The van der Waals surface area contributed by atoms with Crippen molar-refractivity contribution in [2.24, 2.45) is 0 Å².